The fourth-order valence-electron chi connectivity index (χ4n) is 3.67. The summed E-state index contributed by atoms with van der Waals surface area (Å²) in [6, 6.07) is 13.1. The monoisotopic (exact) mass is 431 g/mol. The summed E-state index contributed by atoms with van der Waals surface area (Å²) in [5, 5.41) is 21.1. The van der Waals surface area contributed by atoms with E-state index in [1.807, 2.05) is 55.7 Å². The molecule has 2 heterocycles. The number of benzene rings is 1. The van der Waals surface area contributed by atoms with Crippen LogP contribution in [0.15, 0.2) is 42.6 Å². The molecule has 0 aliphatic carbocycles. The van der Waals surface area contributed by atoms with Gasteiger partial charge in [0, 0.05) is 29.6 Å². The normalized spacial score (nSPS) is 10.6. The number of rotatable bonds is 7. The lowest BCUT2D eigenvalue weighted by Crippen LogP contribution is -2.31. The number of aromatic nitrogens is 2. The summed E-state index contributed by atoms with van der Waals surface area (Å²) < 4.78 is 1.88. The lowest BCUT2D eigenvalue weighted by molar-refractivity contribution is -0.384. The number of nitro groups is 1. The van der Waals surface area contributed by atoms with Crippen molar-refractivity contribution in [3.8, 4) is 11.8 Å². The Morgan fingerprint density at radius 1 is 1.19 bits per heavy atom. The van der Waals surface area contributed by atoms with Crippen molar-refractivity contribution in [1.82, 2.24) is 9.55 Å². The van der Waals surface area contributed by atoms with Crippen LogP contribution in [0.1, 0.15) is 47.8 Å². The Hall–Kier alpha value is -3.99. The Labute approximate surface area is 186 Å². The van der Waals surface area contributed by atoms with Gasteiger partial charge in [0.15, 0.2) is 0 Å². The number of carbonyl (C=O) groups excluding carboxylic acids is 1. The van der Waals surface area contributed by atoms with Crippen LogP contribution in [0, 0.1) is 42.2 Å². The number of carbonyl (C=O) groups is 1. The second-order valence-corrected chi connectivity index (χ2v) is 7.70. The smallest absolute Gasteiger partial charge is 0.305 e. The van der Waals surface area contributed by atoms with Gasteiger partial charge in [-0.3, -0.25) is 19.8 Å². The number of nitrogens with zero attached hydrogens (tertiary/aromatic N) is 5. The van der Waals surface area contributed by atoms with E-state index in [0.717, 1.165) is 22.5 Å². The summed E-state index contributed by atoms with van der Waals surface area (Å²) in [5.74, 6) is -0.164. The first-order chi connectivity index (χ1) is 15.3. The standard InChI is InChI=1S/C24H25N5O3/c1-5-6-22(30)27(24-23(29(31)32)16(2)11-12-26-24)15-19-7-9-20(10-8-19)28-18(4)17(3)13-21(28)14-25/h7-13H,5-6,15H2,1-4H3. The molecular weight excluding hydrogens is 406 g/mol. The maximum absolute atomic E-state index is 12.9. The number of amides is 1. The number of aryl methyl sites for hydroxylation is 2. The van der Waals surface area contributed by atoms with Crippen molar-refractivity contribution in [1.29, 1.82) is 5.26 Å². The number of hydrogen-bond donors (Lipinski definition) is 0. The highest BCUT2D eigenvalue weighted by Crippen LogP contribution is 2.31. The summed E-state index contributed by atoms with van der Waals surface area (Å²) in [7, 11) is 0. The van der Waals surface area contributed by atoms with Gasteiger partial charge in [0.1, 0.15) is 11.8 Å². The molecule has 3 aromatic rings. The number of pyridine rings is 1. The number of anilines is 1. The van der Waals surface area contributed by atoms with E-state index in [9.17, 15) is 20.2 Å². The Bertz CT molecular complexity index is 1210. The molecule has 3 rings (SSSR count). The zero-order chi connectivity index (χ0) is 23.4. The fraction of sp³-hybridized carbons (Fsp3) is 0.292. The summed E-state index contributed by atoms with van der Waals surface area (Å²) in [4.78, 5) is 29.6. The van der Waals surface area contributed by atoms with E-state index < -0.39 is 4.92 Å². The molecule has 8 heteroatoms. The largest absolute Gasteiger partial charge is 0.314 e. The van der Waals surface area contributed by atoms with Crippen LogP contribution in [-0.2, 0) is 11.3 Å². The van der Waals surface area contributed by atoms with E-state index in [1.54, 1.807) is 13.0 Å². The van der Waals surface area contributed by atoms with Crippen molar-refractivity contribution in [2.45, 2.75) is 47.1 Å². The average molecular weight is 431 g/mol. The Morgan fingerprint density at radius 3 is 2.47 bits per heavy atom. The molecule has 0 spiro atoms. The van der Waals surface area contributed by atoms with Crippen molar-refractivity contribution in [3.05, 3.63) is 80.8 Å². The topological polar surface area (TPSA) is 105 Å². The van der Waals surface area contributed by atoms with E-state index in [2.05, 4.69) is 11.1 Å². The third-order valence-corrected chi connectivity index (χ3v) is 5.46. The van der Waals surface area contributed by atoms with Crippen LogP contribution in [0.3, 0.4) is 0 Å². The first kappa shape index (κ1) is 22.7. The van der Waals surface area contributed by atoms with Gasteiger partial charge in [0.2, 0.25) is 11.7 Å². The molecule has 0 N–H and O–H groups in total. The first-order valence-electron chi connectivity index (χ1n) is 10.4. The quantitative estimate of drug-likeness (QED) is 0.390. The lowest BCUT2D eigenvalue weighted by Gasteiger charge is -2.22. The predicted molar refractivity (Wildman–Crippen MR) is 122 cm³/mol. The van der Waals surface area contributed by atoms with Crippen LogP contribution in [0.4, 0.5) is 11.5 Å². The van der Waals surface area contributed by atoms with Gasteiger partial charge in [-0.2, -0.15) is 5.26 Å². The molecule has 0 unspecified atom stereocenters. The Balaban J connectivity index is 1.99. The highest BCUT2D eigenvalue weighted by Gasteiger charge is 2.27. The summed E-state index contributed by atoms with van der Waals surface area (Å²) >= 11 is 0. The molecule has 0 bridgehead atoms. The maximum Gasteiger partial charge on any atom is 0.314 e. The van der Waals surface area contributed by atoms with Gasteiger partial charge >= 0.3 is 5.69 Å². The highest BCUT2D eigenvalue weighted by atomic mass is 16.6. The second-order valence-electron chi connectivity index (χ2n) is 7.70. The van der Waals surface area contributed by atoms with Crippen LogP contribution in [0.5, 0.6) is 0 Å². The van der Waals surface area contributed by atoms with Crippen LogP contribution < -0.4 is 4.90 Å². The molecule has 0 fully saturated rings. The lowest BCUT2D eigenvalue weighted by atomic mass is 10.1. The summed E-state index contributed by atoms with van der Waals surface area (Å²) in [5.41, 5.74) is 4.48. The van der Waals surface area contributed by atoms with E-state index in [1.165, 1.54) is 11.1 Å². The zero-order valence-corrected chi connectivity index (χ0v) is 18.6. The van der Waals surface area contributed by atoms with Crippen LogP contribution in [0.2, 0.25) is 0 Å². The summed E-state index contributed by atoms with van der Waals surface area (Å²) in [6.07, 6.45) is 2.36. The molecule has 1 amide bonds. The number of nitriles is 1. The molecule has 8 nitrogen and oxygen atoms in total. The molecule has 164 valence electrons. The minimum atomic E-state index is -0.492. The fourth-order valence-corrected chi connectivity index (χ4v) is 3.67. The number of hydrogen-bond acceptors (Lipinski definition) is 5. The van der Waals surface area contributed by atoms with Crippen molar-refractivity contribution < 1.29 is 9.72 Å². The molecule has 0 radical (unpaired) electrons. The highest BCUT2D eigenvalue weighted by molar-refractivity contribution is 5.94. The van der Waals surface area contributed by atoms with Crippen LogP contribution >= 0.6 is 0 Å². The van der Waals surface area contributed by atoms with Crippen LogP contribution in [-0.4, -0.2) is 20.4 Å². The third kappa shape index (κ3) is 4.37. The van der Waals surface area contributed by atoms with Crippen LogP contribution in [0.25, 0.3) is 5.69 Å². The zero-order valence-electron chi connectivity index (χ0n) is 18.6. The van der Waals surface area contributed by atoms with Gasteiger partial charge in [-0.25, -0.2) is 4.98 Å². The van der Waals surface area contributed by atoms with E-state index in [-0.39, 0.29) is 30.4 Å². The van der Waals surface area contributed by atoms with E-state index >= 15 is 0 Å². The van der Waals surface area contributed by atoms with Crippen molar-refractivity contribution in [3.63, 3.8) is 0 Å². The molecule has 0 aliphatic heterocycles. The predicted octanol–water partition coefficient (Wildman–Crippen LogP) is 4.91. The minimum Gasteiger partial charge on any atom is -0.305 e. The third-order valence-electron chi connectivity index (χ3n) is 5.46. The summed E-state index contributed by atoms with van der Waals surface area (Å²) in [6.45, 7) is 7.59. The van der Waals surface area contributed by atoms with Crippen molar-refractivity contribution >= 4 is 17.4 Å². The molecule has 32 heavy (non-hydrogen) atoms. The molecule has 0 atom stereocenters. The Kier molecular flexibility index (Phi) is 6.69. The molecule has 0 saturated heterocycles. The molecular formula is C24H25N5O3. The second kappa shape index (κ2) is 9.43. The van der Waals surface area contributed by atoms with Gasteiger partial charge in [-0.05, 0) is 62.6 Å². The van der Waals surface area contributed by atoms with Gasteiger partial charge in [0.05, 0.1) is 11.5 Å². The minimum absolute atomic E-state index is 0.0566. The van der Waals surface area contributed by atoms with E-state index in [4.69, 9.17) is 0 Å². The Morgan fingerprint density at radius 2 is 1.88 bits per heavy atom. The van der Waals surface area contributed by atoms with Gasteiger partial charge in [-0.1, -0.05) is 19.1 Å². The first-order valence-corrected chi connectivity index (χ1v) is 10.4. The molecule has 2 aromatic heterocycles. The van der Waals surface area contributed by atoms with Gasteiger partial charge < -0.3 is 4.57 Å². The average Bonchev–Trinajstić information content (AvgIpc) is 3.05. The maximum atomic E-state index is 12.9. The van der Waals surface area contributed by atoms with Gasteiger partial charge in [0.25, 0.3) is 0 Å². The molecule has 0 aliphatic rings. The van der Waals surface area contributed by atoms with Crippen molar-refractivity contribution in [2.75, 3.05) is 4.90 Å². The SMILES string of the molecule is CCCC(=O)N(Cc1ccc(-n2c(C#N)cc(C)c2C)cc1)c1nccc(C)c1[N+](=O)[O-]. The van der Waals surface area contributed by atoms with E-state index in [0.29, 0.717) is 17.7 Å². The molecule has 0 saturated carbocycles. The van der Waals surface area contributed by atoms with Gasteiger partial charge in [-0.15, -0.1) is 0 Å². The molecule has 1 aromatic carbocycles. The van der Waals surface area contributed by atoms with Crippen molar-refractivity contribution in [2.24, 2.45) is 0 Å².